The molecule has 1 aliphatic rings. The fourth-order valence-electron chi connectivity index (χ4n) is 2.12. The molecule has 0 aromatic carbocycles. The normalized spacial score (nSPS) is 20.4. The van der Waals surface area contributed by atoms with E-state index in [1.54, 1.807) is 7.11 Å². The van der Waals surface area contributed by atoms with E-state index in [-0.39, 0.29) is 11.3 Å². The van der Waals surface area contributed by atoms with Gasteiger partial charge in [-0.2, -0.15) is 0 Å². The van der Waals surface area contributed by atoms with E-state index in [1.165, 1.54) is 0 Å². The summed E-state index contributed by atoms with van der Waals surface area (Å²) in [6.45, 7) is 8.45. The standard InChI is InChI=1S/C13H26N2O2/c1-13(2,3)11(14)12(16)15-7-5-10(6-8-15)9-17-4/h10-11H,5-9,14H2,1-4H3/t11-/m0/s1. The van der Waals surface area contributed by atoms with E-state index in [0.29, 0.717) is 5.92 Å². The summed E-state index contributed by atoms with van der Waals surface area (Å²) in [5, 5.41) is 0. The lowest BCUT2D eigenvalue weighted by Crippen LogP contribution is -2.52. The molecule has 1 saturated heterocycles. The van der Waals surface area contributed by atoms with Crippen LogP contribution in [0.2, 0.25) is 0 Å². The summed E-state index contributed by atoms with van der Waals surface area (Å²) in [4.78, 5) is 14.1. The molecular formula is C13H26N2O2. The van der Waals surface area contributed by atoms with Crippen molar-refractivity contribution in [1.29, 1.82) is 0 Å². The lowest BCUT2D eigenvalue weighted by molar-refractivity contribution is -0.136. The maximum Gasteiger partial charge on any atom is 0.240 e. The molecule has 2 N–H and O–H groups in total. The number of nitrogens with zero attached hydrogens (tertiary/aromatic N) is 1. The third kappa shape index (κ3) is 3.96. The largest absolute Gasteiger partial charge is 0.384 e. The van der Waals surface area contributed by atoms with Gasteiger partial charge in [-0.05, 0) is 24.2 Å². The van der Waals surface area contributed by atoms with Gasteiger partial charge in [0.05, 0.1) is 6.04 Å². The van der Waals surface area contributed by atoms with Crippen LogP contribution >= 0.6 is 0 Å². The van der Waals surface area contributed by atoms with Gasteiger partial charge >= 0.3 is 0 Å². The average Bonchev–Trinajstić information content (AvgIpc) is 2.27. The zero-order valence-corrected chi connectivity index (χ0v) is 11.5. The molecule has 1 aliphatic heterocycles. The van der Waals surface area contributed by atoms with Gasteiger partial charge in [0.25, 0.3) is 0 Å². The van der Waals surface area contributed by atoms with Gasteiger partial charge in [-0.1, -0.05) is 20.8 Å². The third-order valence-corrected chi connectivity index (χ3v) is 3.53. The third-order valence-electron chi connectivity index (χ3n) is 3.53. The second-order valence-corrected chi connectivity index (χ2v) is 6.07. The first-order chi connectivity index (χ1) is 7.86. The van der Waals surface area contributed by atoms with Crippen LogP contribution in [0.5, 0.6) is 0 Å². The molecule has 0 radical (unpaired) electrons. The molecule has 17 heavy (non-hydrogen) atoms. The van der Waals surface area contributed by atoms with Crippen LogP contribution in [-0.4, -0.2) is 43.7 Å². The van der Waals surface area contributed by atoms with Crippen LogP contribution in [0.1, 0.15) is 33.6 Å². The first-order valence-electron chi connectivity index (χ1n) is 6.39. The zero-order chi connectivity index (χ0) is 13.1. The Labute approximate surface area is 104 Å². The van der Waals surface area contributed by atoms with Crippen LogP contribution in [0.4, 0.5) is 0 Å². The summed E-state index contributed by atoms with van der Waals surface area (Å²) in [7, 11) is 1.73. The van der Waals surface area contributed by atoms with Gasteiger partial charge < -0.3 is 15.4 Å². The van der Waals surface area contributed by atoms with Crippen molar-refractivity contribution in [2.75, 3.05) is 26.8 Å². The summed E-state index contributed by atoms with van der Waals surface area (Å²) in [5.74, 6) is 0.684. The van der Waals surface area contributed by atoms with Crippen LogP contribution in [-0.2, 0) is 9.53 Å². The van der Waals surface area contributed by atoms with Gasteiger partial charge in [0, 0.05) is 26.8 Å². The van der Waals surface area contributed by atoms with Crippen LogP contribution < -0.4 is 5.73 Å². The van der Waals surface area contributed by atoms with E-state index in [2.05, 4.69) is 0 Å². The molecule has 0 aliphatic carbocycles. The topological polar surface area (TPSA) is 55.6 Å². The number of rotatable bonds is 3. The molecule has 0 unspecified atom stereocenters. The smallest absolute Gasteiger partial charge is 0.240 e. The van der Waals surface area contributed by atoms with Crippen molar-refractivity contribution in [3.05, 3.63) is 0 Å². The highest BCUT2D eigenvalue weighted by Crippen LogP contribution is 2.22. The molecule has 0 aromatic heterocycles. The average molecular weight is 242 g/mol. The Morgan fingerprint density at radius 3 is 2.35 bits per heavy atom. The van der Waals surface area contributed by atoms with Gasteiger partial charge in [-0.25, -0.2) is 0 Å². The van der Waals surface area contributed by atoms with Crippen LogP contribution in [0.25, 0.3) is 0 Å². The van der Waals surface area contributed by atoms with Gasteiger partial charge in [0.15, 0.2) is 0 Å². The van der Waals surface area contributed by atoms with Crippen molar-refractivity contribution >= 4 is 5.91 Å². The number of likely N-dealkylation sites (tertiary alicyclic amines) is 1. The molecule has 1 fully saturated rings. The molecule has 100 valence electrons. The number of carbonyl (C=O) groups is 1. The second kappa shape index (κ2) is 5.83. The maximum atomic E-state index is 12.2. The van der Waals surface area contributed by atoms with Crippen molar-refractivity contribution in [3.8, 4) is 0 Å². The quantitative estimate of drug-likeness (QED) is 0.810. The molecule has 0 aromatic rings. The van der Waals surface area contributed by atoms with Crippen LogP contribution in [0.15, 0.2) is 0 Å². The Morgan fingerprint density at radius 2 is 1.94 bits per heavy atom. The Balaban J connectivity index is 2.46. The van der Waals surface area contributed by atoms with Crippen molar-refractivity contribution in [1.82, 2.24) is 4.90 Å². The molecule has 1 heterocycles. The van der Waals surface area contributed by atoms with E-state index in [9.17, 15) is 4.79 Å². The summed E-state index contributed by atoms with van der Waals surface area (Å²) >= 11 is 0. The molecule has 0 saturated carbocycles. The highest BCUT2D eigenvalue weighted by Gasteiger charge is 2.32. The van der Waals surface area contributed by atoms with Gasteiger partial charge in [0.1, 0.15) is 0 Å². The van der Waals surface area contributed by atoms with Gasteiger partial charge in [-0.15, -0.1) is 0 Å². The maximum absolute atomic E-state index is 12.2. The highest BCUT2D eigenvalue weighted by molar-refractivity contribution is 5.82. The van der Waals surface area contributed by atoms with Crippen molar-refractivity contribution in [2.24, 2.45) is 17.1 Å². The number of amides is 1. The summed E-state index contributed by atoms with van der Waals surface area (Å²) in [6.07, 6.45) is 2.05. The molecular weight excluding hydrogens is 216 g/mol. The number of carbonyl (C=O) groups excluding carboxylic acids is 1. The Kier molecular flexibility index (Phi) is 4.95. The lowest BCUT2D eigenvalue weighted by Gasteiger charge is -2.36. The molecule has 1 rings (SSSR count). The number of hydrogen-bond acceptors (Lipinski definition) is 3. The van der Waals surface area contributed by atoms with E-state index in [1.807, 2.05) is 25.7 Å². The number of methoxy groups -OCH3 is 1. The van der Waals surface area contributed by atoms with E-state index >= 15 is 0 Å². The number of piperidine rings is 1. The Morgan fingerprint density at radius 1 is 1.41 bits per heavy atom. The SMILES string of the molecule is COCC1CCN(C(=O)[C@H](N)C(C)(C)C)CC1. The predicted octanol–water partition coefficient (Wildman–Crippen LogP) is 1.24. The zero-order valence-electron chi connectivity index (χ0n) is 11.5. The monoisotopic (exact) mass is 242 g/mol. The first-order valence-corrected chi connectivity index (χ1v) is 6.39. The van der Waals surface area contributed by atoms with Gasteiger partial charge in [0.2, 0.25) is 5.91 Å². The minimum absolute atomic E-state index is 0.0911. The number of nitrogens with two attached hydrogens (primary N) is 1. The summed E-state index contributed by atoms with van der Waals surface area (Å²) in [5.41, 5.74) is 5.84. The minimum Gasteiger partial charge on any atom is -0.384 e. The molecule has 4 heteroatoms. The minimum atomic E-state index is -0.401. The molecule has 1 amide bonds. The van der Waals surface area contributed by atoms with Crippen molar-refractivity contribution in [3.63, 3.8) is 0 Å². The summed E-state index contributed by atoms with van der Waals surface area (Å²) < 4.78 is 5.15. The summed E-state index contributed by atoms with van der Waals surface area (Å²) in [6, 6.07) is -0.401. The van der Waals surface area contributed by atoms with Gasteiger partial charge in [-0.3, -0.25) is 4.79 Å². The molecule has 0 spiro atoms. The fourth-order valence-corrected chi connectivity index (χ4v) is 2.12. The van der Waals surface area contributed by atoms with Crippen molar-refractivity contribution in [2.45, 2.75) is 39.7 Å². The van der Waals surface area contributed by atoms with E-state index in [4.69, 9.17) is 10.5 Å². The Hall–Kier alpha value is -0.610. The Bertz CT molecular complexity index is 253. The highest BCUT2D eigenvalue weighted by atomic mass is 16.5. The first kappa shape index (κ1) is 14.5. The van der Waals surface area contributed by atoms with Crippen LogP contribution in [0, 0.1) is 11.3 Å². The van der Waals surface area contributed by atoms with E-state index < -0.39 is 6.04 Å². The molecule has 0 bridgehead atoms. The number of ether oxygens (including phenoxy) is 1. The van der Waals surface area contributed by atoms with Crippen LogP contribution in [0.3, 0.4) is 0 Å². The molecule has 4 nitrogen and oxygen atoms in total. The van der Waals surface area contributed by atoms with E-state index in [0.717, 1.165) is 32.5 Å². The molecule has 1 atom stereocenters. The number of hydrogen-bond donors (Lipinski definition) is 1. The fraction of sp³-hybridized carbons (Fsp3) is 0.923. The lowest BCUT2D eigenvalue weighted by atomic mass is 9.86. The predicted molar refractivity (Wildman–Crippen MR) is 68.6 cm³/mol. The second-order valence-electron chi connectivity index (χ2n) is 6.07. The van der Waals surface area contributed by atoms with Crippen molar-refractivity contribution < 1.29 is 9.53 Å².